The number of benzene rings is 3. The topological polar surface area (TPSA) is 185 Å². The number of carbonyl (C=O) groups is 5. The molecule has 11 rings (SSSR count). The molecule has 3 unspecified atom stereocenters. The number of rotatable bonds is 11. The average molecular weight is 945 g/mol. The van der Waals surface area contributed by atoms with Crippen LogP contribution >= 0.6 is 11.3 Å². The molecule has 8 heterocycles. The predicted octanol–water partition coefficient (Wildman–Crippen LogP) is 5.24. The van der Waals surface area contributed by atoms with Crippen molar-refractivity contribution in [1.82, 2.24) is 29.7 Å². The van der Waals surface area contributed by atoms with E-state index < -0.39 is 47.0 Å². The summed E-state index contributed by atoms with van der Waals surface area (Å²) in [5.74, 6) is -2.72. The molecule has 4 fully saturated rings. The normalized spacial score (nSPS) is 22.3. The summed E-state index contributed by atoms with van der Waals surface area (Å²) in [6, 6.07) is 13.9. The minimum atomic E-state index is -1.21. The van der Waals surface area contributed by atoms with E-state index in [0.29, 0.717) is 79.6 Å². The van der Waals surface area contributed by atoms with Gasteiger partial charge < -0.3 is 34.6 Å². The van der Waals surface area contributed by atoms with Crippen LogP contribution < -0.4 is 25.8 Å². The summed E-state index contributed by atoms with van der Waals surface area (Å²) in [5, 5.41) is 21.9. The lowest BCUT2D eigenvalue weighted by atomic mass is 9.72. The highest BCUT2D eigenvalue weighted by Crippen LogP contribution is 2.44. The van der Waals surface area contributed by atoms with Gasteiger partial charge in [0.15, 0.2) is 11.2 Å². The average Bonchev–Trinajstić information content (AvgIpc) is 4.09. The Hall–Kier alpha value is -6.73. The van der Waals surface area contributed by atoms with E-state index in [1.807, 2.05) is 38.6 Å². The first-order chi connectivity index (χ1) is 32.8. The van der Waals surface area contributed by atoms with E-state index in [9.17, 15) is 29.1 Å². The Morgan fingerprint density at radius 2 is 1.72 bits per heavy atom. The van der Waals surface area contributed by atoms with Gasteiger partial charge in [-0.1, -0.05) is 12.1 Å². The monoisotopic (exact) mass is 944 g/mol. The van der Waals surface area contributed by atoms with Gasteiger partial charge in [-0.3, -0.25) is 34.6 Å². The van der Waals surface area contributed by atoms with Gasteiger partial charge in [-0.05, 0) is 92.1 Å². The van der Waals surface area contributed by atoms with E-state index in [1.54, 1.807) is 36.1 Å². The van der Waals surface area contributed by atoms with Crippen LogP contribution in [-0.4, -0.2) is 110 Å². The van der Waals surface area contributed by atoms with Crippen molar-refractivity contribution in [3.8, 4) is 11.1 Å². The van der Waals surface area contributed by atoms with Crippen LogP contribution in [0.15, 0.2) is 72.5 Å². The van der Waals surface area contributed by atoms with Crippen molar-refractivity contribution in [3.63, 3.8) is 0 Å². The number of halogens is 2. The van der Waals surface area contributed by atoms with Crippen LogP contribution in [0.25, 0.3) is 11.1 Å². The molecule has 68 heavy (non-hydrogen) atoms. The molecule has 5 aromatic rings. The predicted molar refractivity (Wildman–Crippen MR) is 249 cm³/mol. The third kappa shape index (κ3) is 8.14. The Balaban J connectivity index is 0.681. The van der Waals surface area contributed by atoms with E-state index in [4.69, 9.17) is 0 Å². The molecule has 352 valence electrons. The number of nitrogens with one attached hydrogen (secondary N) is 3. The molecule has 0 aliphatic carbocycles. The fourth-order valence-electron chi connectivity index (χ4n) is 11.0. The zero-order valence-electron chi connectivity index (χ0n) is 37.2. The molecule has 0 saturated carbocycles. The quantitative estimate of drug-likeness (QED) is 0.127. The van der Waals surface area contributed by atoms with Gasteiger partial charge in [-0.25, -0.2) is 18.7 Å². The van der Waals surface area contributed by atoms with E-state index in [0.717, 1.165) is 49.4 Å². The molecule has 3 atom stereocenters. The fraction of sp³-hybridized carbons (Fsp3) is 0.408. The summed E-state index contributed by atoms with van der Waals surface area (Å²) in [7, 11) is 0. The number of aryl methyl sites for hydroxylation is 1. The molecule has 19 heteroatoms. The minimum absolute atomic E-state index is 0.00182. The van der Waals surface area contributed by atoms with Gasteiger partial charge in [0, 0.05) is 97.4 Å². The molecule has 0 radical (unpaired) electrons. The smallest absolute Gasteiger partial charge is 0.255 e. The number of hydrogen-bond donors (Lipinski definition) is 4. The number of nitrogens with zero attached hydrogens (tertiary/aromatic N) is 7. The minimum Gasteiger partial charge on any atom is -0.389 e. The third-order valence-corrected chi connectivity index (χ3v) is 15.3. The number of piperidine rings is 1. The molecule has 4 saturated heterocycles. The van der Waals surface area contributed by atoms with Crippen molar-refractivity contribution in [2.24, 2.45) is 5.41 Å². The van der Waals surface area contributed by atoms with Crippen LogP contribution in [-0.2, 0) is 38.7 Å². The summed E-state index contributed by atoms with van der Waals surface area (Å²) in [4.78, 5) is 81.3. The van der Waals surface area contributed by atoms with Crippen molar-refractivity contribution >= 4 is 63.1 Å². The van der Waals surface area contributed by atoms with Crippen LogP contribution in [0.4, 0.5) is 31.0 Å². The SMILES string of the molecule is O=C1CCC(Nc2ccc(N3CCCC(O)(CC(=O)N4CC5(C4)CN(c4ccc(-c6cc(F)c7c(c6)C(=O)N(C(C(=O)Nc6nccs6)c6ncn8c6CCC8)C7)cc4)C5)CC3)c(F)c2)C(=O)N1. The summed E-state index contributed by atoms with van der Waals surface area (Å²) in [5.41, 5.74) is 3.71. The van der Waals surface area contributed by atoms with Crippen molar-refractivity contribution in [2.45, 2.75) is 82.1 Å². The number of imide groups is 1. The molecule has 4 N–H and O–H groups in total. The first-order valence-corrected chi connectivity index (χ1v) is 24.1. The number of fused-ring (bicyclic) bond motifs is 2. The molecule has 6 aliphatic rings. The second-order valence-corrected chi connectivity index (χ2v) is 20.1. The molecule has 1 spiro atoms. The second-order valence-electron chi connectivity index (χ2n) is 19.2. The largest absolute Gasteiger partial charge is 0.389 e. The zero-order chi connectivity index (χ0) is 46.9. The lowest BCUT2D eigenvalue weighted by molar-refractivity contribution is -0.150. The number of anilines is 4. The Bertz CT molecular complexity index is 2840. The molecule has 16 nitrogen and oxygen atoms in total. The number of thiazole rings is 1. The van der Waals surface area contributed by atoms with Gasteiger partial charge in [0.1, 0.15) is 17.7 Å². The molecule has 6 aliphatic heterocycles. The second kappa shape index (κ2) is 17.1. The van der Waals surface area contributed by atoms with Crippen LogP contribution in [0.3, 0.4) is 0 Å². The maximum atomic E-state index is 16.0. The van der Waals surface area contributed by atoms with E-state index in [2.05, 4.69) is 30.8 Å². The van der Waals surface area contributed by atoms with Crippen molar-refractivity contribution < 1.29 is 37.9 Å². The first-order valence-electron chi connectivity index (χ1n) is 23.2. The van der Waals surface area contributed by atoms with Gasteiger partial charge in [0.05, 0.1) is 36.3 Å². The highest BCUT2D eigenvalue weighted by Gasteiger charge is 2.54. The summed E-state index contributed by atoms with van der Waals surface area (Å²) in [6.07, 6.45) is 6.77. The number of amides is 5. The van der Waals surface area contributed by atoms with Crippen molar-refractivity contribution in [1.29, 1.82) is 0 Å². The number of aromatic nitrogens is 3. The molecule has 5 amide bonds. The van der Waals surface area contributed by atoms with E-state index >= 15 is 8.78 Å². The first kappa shape index (κ1) is 43.8. The van der Waals surface area contributed by atoms with Crippen molar-refractivity contribution in [2.75, 3.05) is 59.7 Å². The highest BCUT2D eigenvalue weighted by atomic mass is 32.1. The highest BCUT2D eigenvalue weighted by molar-refractivity contribution is 7.13. The maximum Gasteiger partial charge on any atom is 0.255 e. The molecular formula is C49H50F2N10O6S. The maximum absolute atomic E-state index is 16.0. The number of hydrogen-bond acceptors (Lipinski definition) is 12. The summed E-state index contributed by atoms with van der Waals surface area (Å²) < 4.78 is 33.4. The van der Waals surface area contributed by atoms with Gasteiger partial charge in [-0.2, -0.15) is 0 Å². The van der Waals surface area contributed by atoms with E-state index in [-0.39, 0.29) is 47.7 Å². The van der Waals surface area contributed by atoms with Crippen LogP contribution in [0.2, 0.25) is 0 Å². The molecule has 3 aromatic carbocycles. The van der Waals surface area contributed by atoms with Gasteiger partial charge in [0.25, 0.3) is 11.8 Å². The summed E-state index contributed by atoms with van der Waals surface area (Å²) in [6.45, 7) is 4.33. The number of imidazole rings is 1. The van der Waals surface area contributed by atoms with Crippen LogP contribution in [0.5, 0.6) is 0 Å². The molecule has 2 aromatic heterocycles. The van der Waals surface area contributed by atoms with Crippen LogP contribution in [0, 0.1) is 17.0 Å². The molecule has 0 bridgehead atoms. The lowest BCUT2D eigenvalue weighted by Crippen LogP contribution is -2.73. The van der Waals surface area contributed by atoms with E-state index in [1.165, 1.54) is 28.4 Å². The van der Waals surface area contributed by atoms with Gasteiger partial charge in [0.2, 0.25) is 17.7 Å². The number of carbonyl (C=O) groups excluding carboxylic acids is 5. The Kier molecular flexibility index (Phi) is 11.0. The van der Waals surface area contributed by atoms with Gasteiger partial charge >= 0.3 is 0 Å². The molecular weight excluding hydrogens is 895 g/mol. The third-order valence-electron chi connectivity index (χ3n) is 14.6. The van der Waals surface area contributed by atoms with Crippen LogP contribution in [0.1, 0.15) is 78.3 Å². The standard InChI is InChI=1S/C49H50F2N10O6S/c50-35-20-30(19-33-34(35)23-61(46(33)66)43(45(65)56-47-52-14-18-68-47)42-39-3-1-15-58(39)28-53-42)29-4-7-32(8-5-29)59-24-48(25-59)26-60(27-48)41(63)22-49(67)12-2-16-57(17-13-49)38-10-6-31(21-36(38)51)54-37-9-11-40(62)55-44(37)64/h4-8,10,14,18-21,28,37,43,54,67H,1-3,9,11-13,15-17,22-27H2,(H,52,56,65)(H,55,62,64). The van der Waals surface area contributed by atoms with Gasteiger partial charge in [-0.15, -0.1) is 11.3 Å². The summed E-state index contributed by atoms with van der Waals surface area (Å²) >= 11 is 1.27. The zero-order valence-corrected chi connectivity index (χ0v) is 38.0. The number of aliphatic hydroxyl groups is 1. The van der Waals surface area contributed by atoms with Crippen molar-refractivity contribution in [3.05, 3.63) is 107 Å². The Morgan fingerprint density at radius 3 is 2.49 bits per heavy atom. The number of likely N-dealkylation sites (tertiary alicyclic amines) is 1. The lowest BCUT2D eigenvalue weighted by Gasteiger charge is -2.61. The Labute approximate surface area is 394 Å². The fourth-order valence-corrected chi connectivity index (χ4v) is 11.5. The Morgan fingerprint density at radius 1 is 0.897 bits per heavy atom.